The monoisotopic (exact) mass is 152 g/mol. The third-order valence-electron chi connectivity index (χ3n) is 1.16. The Balaban J connectivity index is 3.69. The molecule has 0 rings (SSSR count). The van der Waals surface area contributed by atoms with E-state index in [4.69, 9.17) is 25.5 Å². The van der Waals surface area contributed by atoms with E-state index in [9.17, 15) is 0 Å². The van der Waals surface area contributed by atoms with Crippen LogP contribution < -0.4 is 0 Å². The molecular formula is C5H12O5. The van der Waals surface area contributed by atoms with Crippen LogP contribution in [0.5, 0.6) is 0 Å². The van der Waals surface area contributed by atoms with Crippen molar-refractivity contribution in [3.63, 3.8) is 0 Å². The maximum atomic E-state index is 8.77. The fraction of sp³-hybridized carbons (Fsp3) is 1.00. The van der Waals surface area contributed by atoms with Crippen LogP contribution in [0.3, 0.4) is 0 Å². The lowest BCUT2D eigenvalue weighted by Gasteiger charge is -2.19. The van der Waals surface area contributed by atoms with Crippen molar-refractivity contribution in [2.45, 2.75) is 18.3 Å². The third kappa shape index (κ3) is 2.59. The zero-order valence-electron chi connectivity index (χ0n) is 5.38. The molecule has 0 aliphatic carbocycles. The average molecular weight is 152 g/mol. The molecule has 0 aliphatic heterocycles. The molecule has 0 aromatic rings. The lowest BCUT2D eigenvalue weighted by atomic mass is 10.1. The summed E-state index contributed by atoms with van der Waals surface area (Å²) in [7, 11) is 0. The summed E-state index contributed by atoms with van der Waals surface area (Å²) >= 11 is 0. The minimum atomic E-state index is -1.49. The van der Waals surface area contributed by atoms with Crippen LogP contribution in [-0.2, 0) is 0 Å². The van der Waals surface area contributed by atoms with Crippen LogP contribution in [0.25, 0.3) is 0 Å². The number of hydrogen-bond acceptors (Lipinski definition) is 5. The van der Waals surface area contributed by atoms with E-state index < -0.39 is 31.5 Å². The first kappa shape index (κ1) is 9.80. The molecule has 0 fully saturated rings. The van der Waals surface area contributed by atoms with Crippen molar-refractivity contribution in [1.82, 2.24) is 0 Å². The molecule has 0 aliphatic rings. The standard InChI is InChI=1S/C5H12O5/c6-1-3(8)5(10)4(9)2-7/h3-10H,1-2H2/t3-,4+,5?. The van der Waals surface area contributed by atoms with Crippen LogP contribution in [-0.4, -0.2) is 57.1 Å². The predicted molar refractivity (Wildman–Crippen MR) is 32.2 cm³/mol. The molecule has 3 atom stereocenters. The molecule has 0 aromatic heterocycles. The molecule has 0 heterocycles. The van der Waals surface area contributed by atoms with Crippen molar-refractivity contribution < 1.29 is 25.5 Å². The number of aliphatic hydroxyl groups is 5. The van der Waals surface area contributed by atoms with Crippen LogP contribution >= 0.6 is 0 Å². The van der Waals surface area contributed by atoms with Crippen molar-refractivity contribution in [2.24, 2.45) is 0 Å². The van der Waals surface area contributed by atoms with E-state index in [0.717, 1.165) is 0 Å². The maximum Gasteiger partial charge on any atom is 0.110 e. The van der Waals surface area contributed by atoms with Gasteiger partial charge in [0.25, 0.3) is 0 Å². The molecule has 0 saturated heterocycles. The Bertz CT molecular complexity index is 76.1. The van der Waals surface area contributed by atoms with Crippen LogP contribution in [0.2, 0.25) is 0 Å². The van der Waals surface area contributed by atoms with Crippen LogP contribution in [0.4, 0.5) is 0 Å². The van der Waals surface area contributed by atoms with Crippen molar-refractivity contribution in [3.8, 4) is 0 Å². The summed E-state index contributed by atoms with van der Waals surface area (Å²) in [6.45, 7) is -1.28. The van der Waals surface area contributed by atoms with Gasteiger partial charge in [0.15, 0.2) is 0 Å². The molecule has 1 unspecified atom stereocenters. The maximum absolute atomic E-state index is 8.77. The summed E-state index contributed by atoms with van der Waals surface area (Å²) in [6.07, 6.45) is -4.29. The lowest BCUT2D eigenvalue weighted by molar-refractivity contribution is -0.0900. The average Bonchev–Trinajstić information content (AvgIpc) is 2.00. The molecular weight excluding hydrogens is 140 g/mol. The van der Waals surface area contributed by atoms with Gasteiger partial charge in [-0.15, -0.1) is 0 Å². The summed E-state index contributed by atoms with van der Waals surface area (Å²) in [6, 6.07) is 0. The second-order valence-corrected chi connectivity index (χ2v) is 1.99. The van der Waals surface area contributed by atoms with Gasteiger partial charge in [-0.3, -0.25) is 0 Å². The minimum Gasteiger partial charge on any atom is -0.394 e. The van der Waals surface area contributed by atoms with Gasteiger partial charge < -0.3 is 25.5 Å². The predicted octanol–water partition coefficient (Wildman–Crippen LogP) is -2.95. The third-order valence-corrected chi connectivity index (χ3v) is 1.16. The topological polar surface area (TPSA) is 101 Å². The first-order valence-electron chi connectivity index (χ1n) is 2.89. The van der Waals surface area contributed by atoms with Gasteiger partial charge in [-0.05, 0) is 0 Å². The summed E-state index contributed by atoms with van der Waals surface area (Å²) in [5.74, 6) is 0. The molecule has 0 bridgehead atoms. The fourth-order valence-electron chi connectivity index (χ4n) is 0.472. The highest BCUT2D eigenvalue weighted by atomic mass is 16.4. The number of rotatable bonds is 4. The van der Waals surface area contributed by atoms with Crippen molar-refractivity contribution in [2.75, 3.05) is 13.2 Å². The van der Waals surface area contributed by atoms with Gasteiger partial charge in [-0.2, -0.15) is 0 Å². The molecule has 5 N–H and O–H groups in total. The largest absolute Gasteiger partial charge is 0.394 e. The quantitative estimate of drug-likeness (QED) is 0.296. The van der Waals surface area contributed by atoms with Crippen LogP contribution in [0.1, 0.15) is 0 Å². The number of aliphatic hydroxyl groups excluding tert-OH is 5. The summed E-state index contributed by atoms with van der Waals surface area (Å²) < 4.78 is 0. The van der Waals surface area contributed by atoms with Gasteiger partial charge in [0.2, 0.25) is 0 Å². The summed E-state index contributed by atoms with van der Waals surface area (Å²) in [5.41, 5.74) is 0. The minimum absolute atomic E-state index is 0.641. The van der Waals surface area contributed by atoms with Crippen molar-refractivity contribution >= 4 is 0 Å². The van der Waals surface area contributed by atoms with E-state index in [1.807, 2.05) is 0 Å². The SMILES string of the molecule is OC[C@@H](O)C(O)[C@@H](O)CO. The Morgan fingerprint density at radius 2 is 1.10 bits per heavy atom. The molecule has 0 aromatic carbocycles. The highest BCUT2D eigenvalue weighted by Crippen LogP contribution is 1.97. The highest BCUT2D eigenvalue weighted by molar-refractivity contribution is 4.73. The van der Waals surface area contributed by atoms with E-state index in [0.29, 0.717) is 0 Å². The number of hydrogen-bond donors (Lipinski definition) is 5. The Morgan fingerprint density at radius 1 is 0.800 bits per heavy atom. The van der Waals surface area contributed by atoms with Crippen molar-refractivity contribution in [3.05, 3.63) is 0 Å². The molecule has 62 valence electrons. The molecule has 0 amide bonds. The molecule has 0 radical (unpaired) electrons. The fourth-order valence-corrected chi connectivity index (χ4v) is 0.472. The molecule has 5 heteroatoms. The summed E-state index contributed by atoms with van der Waals surface area (Å²) in [5, 5.41) is 42.6. The van der Waals surface area contributed by atoms with E-state index in [1.165, 1.54) is 0 Å². The van der Waals surface area contributed by atoms with Crippen LogP contribution in [0, 0.1) is 0 Å². The van der Waals surface area contributed by atoms with Crippen LogP contribution in [0.15, 0.2) is 0 Å². The first-order valence-corrected chi connectivity index (χ1v) is 2.89. The van der Waals surface area contributed by atoms with Gasteiger partial charge >= 0.3 is 0 Å². The van der Waals surface area contributed by atoms with Gasteiger partial charge in [0.1, 0.15) is 18.3 Å². The Labute approximate surface area is 58.2 Å². The molecule has 0 spiro atoms. The van der Waals surface area contributed by atoms with Gasteiger partial charge in [0.05, 0.1) is 13.2 Å². The summed E-state index contributed by atoms with van der Waals surface area (Å²) in [4.78, 5) is 0. The second kappa shape index (κ2) is 4.59. The molecule has 0 saturated carbocycles. The smallest absolute Gasteiger partial charge is 0.110 e. The zero-order chi connectivity index (χ0) is 8.15. The van der Waals surface area contributed by atoms with E-state index in [2.05, 4.69) is 0 Å². The lowest BCUT2D eigenvalue weighted by Crippen LogP contribution is -2.41. The van der Waals surface area contributed by atoms with E-state index in [1.54, 1.807) is 0 Å². The zero-order valence-corrected chi connectivity index (χ0v) is 5.38. The molecule has 10 heavy (non-hydrogen) atoms. The Hall–Kier alpha value is -0.200. The van der Waals surface area contributed by atoms with Crippen molar-refractivity contribution in [1.29, 1.82) is 0 Å². The first-order chi connectivity index (χ1) is 4.63. The normalized spacial score (nSPS) is 20.1. The Morgan fingerprint density at radius 3 is 1.30 bits per heavy atom. The van der Waals surface area contributed by atoms with Gasteiger partial charge in [-0.25, -0.2) is 0 Å². The second-order valence-electron chi connectivity index (χ2n) is 1.99. The van der Waals surface area contributed by atoms with Gasteiger partial charge in [-0.1, -0.05) is 0 Å². The molecule has 5 nitrogen and oxygen atoms in total. The van der Waals surface area contributed by atoms with Gasteiger partial charge in [0, 0.05) is 0 Å². The Kier molecular flexibility index (Phi) is 4.50. The van der Waals surface area contributed by atoms with E-state index >= 15 is 0 Å². The van der Waals surface area contributed by atoms with E-state index in [-0.39, 0.29) is 0 Å². The highest BCUT2D eigenvalue weighted by Gasteiger charge is 2.22.